The molecule has 17 heavy (non-hydrogen) atoms. The van der Waals surface area contributed by atoms with Gasteiger partial charge in [0.2, 0.25) is 0 Å². The molecule has 0 saturated carbocycles. The highest BCUT2D eigenvalue weighted by Crippen LogP contribution is 2.35. The Morgan fingerprint density at radius 2 is 1.59 bits per heavy atom. The molecule has 2 nitrogen and oxygen atoms in total. The van der Waals surface area contributed by atoms with Crippen LogP contribution in [0.25, 0.3) is 0 Å². The lowest BCUT2D eigenvalue weighted by molar-refractivity contribution is 0.229. The van der Waals surface area contributed by atoms with Crippen molar-refractivity contribution in [3.05, 3.63) is 23.2 Å². The van der Waals surface area contributed by atoms with E-state index in [1.165, 1.54) is 0 Å². The summed E-state index contributed by atoms with van der Waals surface area (Å²) < 4.78 is 11.4. The van der Waals surface area contributed by atoms with E-state index in [1.54, 1.807) is 0 Å². The molecule has 96 valence electrons. The van der Waals surface area contributed by atoms with E-state index in [-0.39, 0.29) is 0 Å². The number of ether oxygens (including phenoxy) is 2. The molecule has 0 fully saturated rings. The number of halogens is 1. The second kappa shape index (κ2) is 6.75. The molecule has 0 atom stereocenters. The van der Waals surface area contributed by atoms with Crippen LogP contribution >= 0.6 is 11.6 Å². The second-order valence-corrected chi connectivity index (χ2v) is 5.38. The van der Waals surface area contributed by atoms with Gasteiger partial charge >= 0.3 is 0 Å². The van der Waals surface area contributed by atoms with E-state index in [0.717, 1.165) is 5.75 Å². The second-order valence-electron chi connectivity index (χ2n) is 4.98. The molecule has 0 saturated heterocycles. The van der Waals surface area contributed by atoms with Crippen molar-refractivity contribution in [3.8, 4) is 11.5 Å². The molecule has 1 aromatic carbocycles. The zero-order valence-electron chi connectivity index (χ0n) is 11.0. The minimum atomic E-state index is 0.462. The van der Waals surface area contributed by atoms with Crippen LogP contribution in [-0.2, 0) is 0 Å². The Kier molecular flexibility index (Phi) is 5.63. The molecule has 3 heteroatoms. The molecule has 0 unspecified atom stereocenters. The van der Waals surface area contributed by atoms with Crippen LogP contribution in [0, 0.1) is 11.8 Å². The lowest BCUT2D eigenvalue weighted by atomic mass is 10.2. The molecular formula is C14H21ClO2. The standard InChI is InChI=1S/C14H21ClO2/c1-10(2)8-16-13-7-5-6-12(15)14(13)17-9-11(3)4/h5-7,10-11H,8-9H2,1-4H3. The quantitative estimate of drug-likeness (QED) is 0.751. The highest BCUT2D eigenvalue weighted by molar-refractivity contribution is 6.32. The Hall–Kier alpha value is -0.890. The highest BCUT2D eigenvalue weighted by atomic mass is 35.5. The van der Waals surface area contributed by atoms with E-state index in [1.807, 2.05) is 18.2 Å². The van der Waals surface area contributed by atoms with E-state index in [4.69, 9.17) is 21.1 Å². The molecule has 0 aromatic heterocycles. The first-order valence-corrected chi connectivity index (χ1v) is 6.42. The highest BCUT2D eigenvalue weighted by Gasteiger charge is 2.11. The number of hydrogen-bond acceptors (Lipinski definition) is 2. The summed E-state index contributed by atoms with van der Waals surface area (Å²) in [6, 6.07) is 5.59. The molecule has 1 aromatic rings. The summed E-state index contributed by atoms with van der Waals surface area (Å²) in [5.74, 6) is 2.33. The van der Waals surface area contributed by atoms with Crippen molar-refractivity contribution in [2.75, 3.05) is 13.2 Å². The van der Waals surface area contributed by atoms with Crippen LogP contribution in [-0.4, -0.2) is 13.2 Å². The maximum Gasteiger partial charge on any atom is 0.179 e. The zero-order valence-corrected chi connectivity index (χ0v) is 11.8. The predicted molar refractivity (Wildman–Crippen MR) is 72.1 cm³/mol. The van der Waals surface area contributed by atoms with Crippen molar-refractivity contribution in [2.45, 2.75) is 27.7 Å². The van der Waals surface area contributed by atoms with Gasteiger partial charge in [0.25, 0.3) is 0 Å². The average Bonchev–Trinajstić information content (AvgIpc) is 2.24. The van der Waals surface area contributed by atoms with Crippen LogP contribution in [0.4, 0.5) is 0 Å². The maximum absolute atomic E-state index is 6.12. The molecule has 0 radical (unpaired) electrons. The van der Waals surface area contributed by atoms with Gasteiger partial charge in [-0.2, -0.15) is 0 Å². The molecule has 1 rings (SSSR count). The summed E-state index contributed by atoms with van der Waals surface area (Å²) in [6.45, 7) is 9.73. The number of rotatable bonds is 6. The van der Waals surface area contributed by atoms with Gasteiger partial charge in [-0.05, 0) is 24.0 Å². The van der Waals surface area contributed by atoms with E-state index < -0.39 is 0 Å². The lowest BCUT2D eigenvalue weighted by Crippen LogP contribution is -2.09. The first-order chi connectivity index (χ1) is 8.00. The van der Waals surface area contributed by atoms with Crippen LogP contribution in [0.3, 0.4) is 0 Å². The third-order valence-corrected chi connectivity index (χ3v) is 2.36. The summed E-state index contributed by atoms with van der Waals surface area (Å²) in [4.78, 5) is 0. The largest absolute Gasteiger partial charge is 0.489 e. The van der Waals surface area contributed by atoms with E-state index in [2.05, 4.69) is 27.7 Å². The Labute approximate surface area is 109 Å². The Morgan fingerprint density at radius 3 is 2.18 bits per heavy atom. The van der Waals surface area contributed by atoms with E-state index in [0.29, 0.717) is 35.8 Å². The van der Waals surface area contributed by atoms with Gasteiger partial charge in [0.05, 0.1) is 18.2 Å². The molecular weight excluding hydrogens is 236 g/mol. The Morgan fingerprint density at radius 1 is 1.00 bits per heavy atom. The fourth-order valence-electron chi connectivity index (χ4n) is 1.25. The normalized spacial score (nSPS) is 11.0. The Bertz CT molecular complexity index is 348. The monoisotopic (exact) mass is 256 g/mol. The van der Waals surface area contributed by atoms with Gasteiger partial charge in [0.1, 0.15) is 0 Å². The number of hydrogen-bond donors (Lipinski definition) is 0. The van der Waals surface area contributed by atoms with Gasteiger partial charge in [0.15, 0.2) is 11.5 Å². The minimum absolute atomic E-state index is 0.462. The van der Waals surface area contributed by atoms with Gasteiger partial charge in [-0.3, -0.25) is 0 Å². The number of para-hydroxylation sites is 1. The van der Waals surface area contributed by atoms with Gasteiger partial charge < -0.3 is 9.47 Å². The van der Waals surface area contributed by atoms with Crippen LogP contribution < -0.4 is 9.47 Å². The predicted octanol–water partition coefficient (Wildman–Crippen LogP) is 4.41. The van der Waals surface area contributed by atoms with E-state index >= 15 is 0 Å². The van der Waals surface area contributed by atoms with Crippen molar-refractivity contribution in [3.63, 3.8) is 0 Å². The van der Waals surface area contributed by atoms with Gasteiger partial charge in [-0.1, -0.05) is 45.4 Å². The average molecular weight is 257 g/mol. The van der Waals surface area contributed by atoms with Crippen LogP contribution in [0.5, 0.6) is 11.5 Å². The van der Waals surface area contributed by atoms with Crippen LogP contribution in [0.1, 0.15) is 27.7 Å². The summed E-state index contributed by atoms with van der Waals surface area (Å²) in [5, 5.41) is 0.604. The van der Waals surface area contributed by atoms with Gasteiger partial charge in [-0.15, -0.1) is 0 Å². The van der Waals surface area contributed by atoms with Crippen molar-refractivity contribution in [2.24, 2.45) is 11.8 Å². The smallest absolute Gasteiger partial charge is 0.179 e. The fraction of sp³-hybridized carbons (Fsp3) is 0.571. The van der Waals surface area contributed by atoms with Crippen molar-refractivity contribution >= 4 is 11.6 Å². The Balaban J connectivity index is 2.76. The molecule has 0 aliphatic carbocycles. The maximum atomic E-state index is 6.12. The fourth-order valence-corrected chi connectivity index (χ4v) is 1.47. The van der Waals surface area contributed by atoms with Gasteiger partial charge in [-0.25, -0.2) is 0 Å². The molecule has 0 N–H and O–H groups in total. The van der Waals surface area contributed by atoms with Crippen molar-refractivity contribution in [1.29, 1.82) is 0 Å². The lowest BCUT2D eigenvalue weighted by Gasteiger charge is -2.16. The topological polar surface area (TPSA) is 18.5 Å². The SMILES string of the molecule is CC(C)COc1cccc(Cl)c1OCC(C)C. The van der Waals surface area contributed by atoms with Gasteiger partial charge in [0, 0.05) is 0 Å². The number of benzene rings is 1. The molecule has 0 bridgehead atoms. The molecule has 0 aliphatic heterocycles. The molecule has 0 amide bonds. The molecule has 0 spiro atoms. The zero-order chi connectivity index (χ0) is 12.8. The summed E-state index contributed by atoms with van der Waals surface area (Å²) in [5.41, 5.74) is 0. The first kappa shape index (κ1) is 14.2. The third kappa shape index (κ3) is 4.86. The summed E-state index contributed by atoms with van der Waals surface area (Å²) in [7, 11) is 0. The first-order valence-electron chi connectivity index (χ1n) is 6.04. The van der Waals surface area contributed by atoms with Crippen LogP contribution in [0.15, 0.2) is 18.2 Å². The van der Waals surface area contributed by atoms with Crippen molar-refractivity contribution in [1.82, 2.24) is 0 Å². The minimum Gasteiger partial charge on any atom is -0.489 e. The molecule has 0 aliphatic rings. The van der Waals surface area contributed by atoms with E-state index in [9.17, 15) is 0 Å². The summed E-state index contributed by atoms with van der Waals surface area (Å²) >= 11 is 6.12. The van der Waals surface area contributed by atoms with Crippen molar-refractivity contribution < 1.29 is 9.47 Å². The summed E-state index contributed by atoms with van der Waals surface area (Å²) in [6.07, 6.45) is 0. The molecule has 0 heterocycles. The van der Waals surface area contributed by atoms with Crippen LogP contribution in [0.2, 0.25) is 5.02 Å². The third-order valence-electron chi connectivity index (χ3n) is 2.06.